The van der Waals surface area contributed by atoms with E-state index in [2.05, 4.69) is 25.0 Å². The topological polar surface area (TPSA) is 145 Å². The van der Waals surface area contributed by atoms with Crippen LogP contribution in [0, 0.1) is 46.3 Å². The van der Waals surface area contributed by atoms with E-state index < -0.39 is 39.7 Å². The van der Waals surface area contributed by atoms with Gasteiger partial charge in [0, 0.05) is 11.8 Å². The van der Waals surface area contributed by atoms with E-state index in [1.54, 1.807) is 0 Å². The van der Waals surface area contributed by atoms with Crippen LogP contribution >= 0.6 is 0 Å². The third kappa shape index (κ3) is 4.91. The molecule has 0 aromatic rings. The van der Waals surface area contributed by atoms with Crippen LogP contribution in [-0.2, 0) is 14.6 Å². The zero-order valence-electron chi connectivity index (χ0n) is 22.3. The van der Waals surface area contributed by atoms with Gasteiger partial charge < -0.3 is 20.4 Å². The molecule has 4 saturated carbocycles. The van der Waals surface area contributed by atoms with Gasteiger partial charge in [-0.15, -0.1) is 0 Å². The first kappa shape index (κ1) is 28.7. The van der Waals surface area contributed by atoms with Crippen LogP contribution in [0.5, 0.6) is 0 Å². The summed E-state index contributed by atoms with van der Waals surface area (Å²) in [7, 11) is -4.41. The van der Waals surface area contributed by atoms with Crippen molar-refractivity contribution in [3.8, 4) is 0 Å². The largest absolute Gasteiger partial charge is 0.397 e. The molecule has 36 heavy (non-hydrogen) atoms. The van der Waals surface area contributed by atoms with E-state index in [4.69, 9.17) is 4.55 Å². The zero-order valence-corrected chi connectivity index (χ0v) is 23.2. The van der Waals surface area contributed by atoms with Crippen molar-refractivity contribution in [2.24, 2.45) is 46.3 Å². The second-order valence-electron chi connectivity index (χ2n) is 13.5. The molecule has 4 aliphatic rings. The molecular formula is C27H48O8S. The smallest absolute Gasteiger partial charge is 0.393 e. The van der Waals surface area contributed by atoms with Crippen molar-refractivity contribution in [1.29, 1.82) is 0 Å². The Balaban J connectivity index is 1.44. The minimum atomic E-state index is -4.41. The summed E-state index contributed by atoms with van der Waals surface area (Å²) in [5.41, 5.74) is -1.76. The zero-order chi connectivity index (χ0) is 26.7. The van der Waals surface area contributed by atoms with Crippen LogP contribution in [0.3, 0.4) is 0 Å². The summed E-state index contributed by atoms with van der Waals surface area (Å²) < 4.78 is 34.9. The fourth-order valence-corrected chi connectivity index (χ4v) is 9.94. The molecule has 210 valence electrons. The van der Waals surface area contributed by atoms with Gasteiger partial charge in [-0.25, -0.2) is 4.18 Å². The standard InChI is InChI=1S/C27H48O8S/c1-16(15-35-36(32,33)34)6-5-7-17(2)21-13-22(29)24-19-12-23(30)27(31)14-18(28)8-11-26(27,4)20(19)9-10-25(21,24)3/h16-24,28-31H,5-15H2,1-4H3,(H,32,33,34)/t16-,17?,18-,19?,20?,21+,22?,23+,24?,25+,26+,27?/m0/s1. The lowest BCUT2D eigenvalue weighted by atomic mass is 9.42. The summed E-state index contributed by atoms with van der Waals surface area (Å²) in [6.07, 6.45) is 5.57. The molecular weight excluding hydrogens is 484 g/mol. The monoisotopic (exact) mass is 532 g/mol. The van der Waals surface area contributed by atoms with Crippen molar-refractivity contribution in [1.82, 2.24) is 0 Å². The summed E-state index contributed by atoms with van der Waals surface area (Å²) in [5, 5.41) is 44.5. The Morgan fingerprint density at radius 2 is 1.72 bits per heavy atom. The Kier molecular flexibility index (Phi) is 8.00. The lowest BCUT2D eigenvalue weighted by Gasteiger charge is -2.65. The maximum absolute atomic E-state index is 11.6. The molecule has 0 spiro atoms. The van der Waals surface area contributed by atoms with Crippen molar-refractivity contribution in [3.05, 3.63) is 0 Å². The Bertz CT molecular complexity index is 896. The normalized spacial score (nSPS) is 48.5. The van der Waals surface area contributed by atoms with Crippen LogP contribution in [0.4, 0.5) is 0 Å². The second kappa shape index (κ2) is 10.0. The molecule has 0 heterocycles. The lowest BCUT2D eigenvalue weighted by molar-refractivity contribution is -0.268. The van der Waals surface area contributed by atoms with Gasteiger partial charge in [0.05, 0.1) is 30.5 Å². The Hall–Kier alpha value is -0.290. The van der Waals surface area contributed by atoms with Gasteiger partial charge in [0.2, 0.25) is 0 Å². The van der Waals surface area contributed by atoms with Crippen LogP contribution in [0.15, 0.2) is 0 Å². The highest BCUT2D eigenvalue weighted by Crippen LogP contribution is 2.69. The van der Waals surface area contributed by atoms with E-state index in [0.29, 0.717) is 31.1 Å². The van der Waals surface area contributed by atoms with Crippen LogP contribution < -0.4 is 0 Å². The maximum Gasteiger partial charge on any atom is 0.397 e. The van der Waals surface area contributed by atoms with Gasteiger partial charge in [0.15, 0.2) is 0 Å². The molecule has 0 radical (unpaired) electrons. The highest BCUT2D eigenvalue weighted by Gasteiger charge is 2.68. The molecule has 0 bridgehead atoms. The third-order valence-corrected chi connectivity index (χ3v) is 11.9. The van der Waals surface area contributed by atoms with Gasteiger partial charge in [-0.1, -0.05) is 40.5 Å². The third-order valence-electron chi connectivity index (χ3n) is 11.4. The highest BCUT2D eigenvalue weighted by molar-refractivity contribution is 7.80. The van der Waals surface area contributed by atoms with Crippen molar-refractivity contribution >= 4 is 10.4 Å². The molecule has 0 aromatic heterocycles. The first-order valence-electron chi connectivity index (χ1n) is 14.0. The minimum absolute atomic E-state index is 0.0179. The summed E-state index contributed by atoms with van der Waals surface area (Å²) in [5.74, 6) is 1.25. The van der Waals surface area contributed by atoms with Gasteiger partial charge in [0.1, 0.15) is 0 Å². The number of aliphatic hydroxyl groups excluding tert-OH is 3. The first-order chi connectivity index (χ1) is 16.6. The molecule has 0 aliphatic heterocycles. The molecule has 5 N–H and O–H groups in total. The first-order valence-corrected chi connectivity index (χ1v) is 15.4. The van der Waals surface area contributed by atoms with Crippen LogP contribution in [0.25, 0.3) is 0 Å². The van der Waals surface area contributed by atoms with Gasteiger partial charge in [-0.3, -0.25) is 4.55 Å². The summed E-state index contributed by atoms with van der Waals surface area (Å²) in [6.45, 7) is 8.58. The Morgan fingerprint density at radius 3 is 2.39 bits per heavy atom. The molecule has 4 rings (SSSR count). The number of hydrogen-bond donors (Lipinski definition) is 5. The summed E-state index contributed by atoms with van der Waals surface area (Å²) in [4.78, 5) is 0. The van der Waals surface area contributed by atoms with E-state index in [-0.39, 0.29) is 42.1 Å². The molecule has 0 amide bonds. The average molecular weight is 533 g/mol. The molecule has 8 nitrogen and oxygen atoms in total. The molecule has 0 saturated heterocycles. The molecule has 9 heteroatoms. The van der Waals surface area contributed by atoms with Crippen LogP contribution in [0.1, 0.15) is 91.9 Å². The number of fused-ring (bicyclic) bond motifs is 5. The van der Waals surface area contributed by atoms with Crippen molar-refractivity contribution in [2.75, 3.05) is 6.61 Å². The molecule has 4 aliphatic carbocycles. The van der Waals surface area contributed by atoms with E-state index in [9.17, 15) is 28.8 Å². The van der Waals surface area contributed by atoms with Crippen molar-refractivity contribution in [2.45, 2.75) is 116 Å². The number of rotatable bonds is 8. The minimum Gasteiger partial charge on any atom is -0.393 e. The summed E-state index contributed by atoms with van der Waals surface area (Å²) in [6, 6.07) is 0. The Labute approximate surface area is 216 Å². The predicted molar refractivity (Wildman–Crippen MR) is 135 cm³/mol. The number of aliphatic hydroxyl groups is 4. The molecule has 0 aromatic carbocycles. The van der Waals surface area contributed by atoms with E-state index in [0.717, 1.165) is 38.5 Å². The van der Waals surface area contributed by atoms with Crippen molar-refractivity contribution in [3.63, 3.8) is 0 Å². The quantitative estimate of drug-likeness (QED) is 0.299. The van der Waals surface area contributed by atoms with E-state index >= 15 is 0 Å². The number of hydrogen-bond acceptors (Lipinski definition) is 7. The molecule has 6 unspecified atom stereocenters. The average Bonchev–Trinajstić information content (AvgIpc) is 3.05. The maximum atomic E-state index is 11.6. The van der Waals surface area contributed by atoms with Crippen LogP contribution in [-0.4, -0.2) is 63.9 Å². The Morgan fingerprint density at radius 1 is 1.03 bits per heavy atom. The second-order valence-corrected chi connectivity index (χ2v) is 14.6. The SMILES string of the molecule is CC(CCC[C@H](C)COS(=O)(=O)O)[C@H]1CC(O)C2C3C[C@@H](O)C4(O)C[C@@H](O)CC[C@]4(C)C3CC[C@@]21C. The van der Waals surface area contributed by atoms with Crippen LogP contribution in [0.2, 0.25) is 0 Å². The highest BCUT2D eigenvalue weighted by atomic mass is 32.3. The fourth-order valence-electron chi connectivity index (χ4n) is 9.53. The van der Waals surface area contributed by atoms with Gasteiger partial charge in [0.25, 0.3) is 0 Å². The fraction of sp³-hybridized carbons (Fsp3) is 1.00. The lowest BCUT2D eigenvalue weighted by Crippen LogP contribution is -2.69. The van der Waals surface area contributed by atoms with Gasteiger partial charge >= 0.3 is 10.4 Å². The summed E-state index contributed by atoms with van der Waals surface area (Å²) >= 11 is 0. The van der Waals surface area contributed by atoms with Crippen molar-refractivity contribution < 1.29 is 37.6 Å². The molecule has 12 atom stereocenters. The van der Waals surface area contributed by atoms with E-state index in [1.165, 1.54) is 0 Å². The van der Waals surface area contributed by atoms with Gasteiger partial charge in [-0.05, 0) is 85.9 Å². The van der Waals surface area contributed by atoms with Gasteiger partial charge in [-0.2, -0.15) is 8.42 Å². The van der Waals surface area contributed by atoms with E-state index in [1.807, 2.05) is 6.92 Å². The predicted octanol–water partition coefficient (Wildman–Crippen LogP) is 3.32. The molecule has 4 fully saturated rings.